The summed E-state index contributed by atoms with van der Waals surface area (Å²) in [5.41, 5.74) is 1.38. The Hall–Kier alpha value is -4.43. The minimum atomic E-state index is -1.31. The summed E-state index contributed by atoms with van der Waals surface area (Å²) in [5.74, 6) is -4.77. The minimum absolute atomic E-state index is 0.251. The number of nitrogens with zero attached hydrogens (tertiary/aromatic N) is 1. The van der Waals surface area contributed by atoms with Crippen molar-refractivity contribution < 1.29 is 38.6 Å². The van der Waals surface area contributed by atoms with Crippen LogP contribution in [0.3, 0.4) is 0 Å². The van der Waals surface area contributed by atoms with Gasteiger partial charge in [0.25, 0.3) is 5.91 Å². The summed E-state index contributed by atoms with van der Waals surface area (Å²) in [4.78, 5) is 77.8. The predicted molar refractivity (Wildman–Crippen MR) is 147 cm³/mol. The zero-order valence-electron chi connectivity index (χ0n) is 21.4. The first-order valence-corrected chi connectivity index (χ1v) is 14.1. The highest BCUT2D eigenvalue weighted by atomic mass is 32.2. The van der Waals surface area contributed by atoms with Crippen LogP contribution in [-0.2, 0) is 23.9 Å². The number of esters is 1. The molecule has 2 aliphatic heterocycles. The standard InChI is InChI=1S/C27H23N3O9S2/c1-2-38-26(36)13-6-8-15(9-7-13)28-17(31)12-39-16-5-3-4-14(10-16)19-20-22(40-23-21(19)41-27(37)29-23)25(35)30(24(20)34)11-18(32)33/h3-10,19-20,22H,2,11-12H2,1H3,(H,28,31)(H,29,37)(H,32,33)/t19-,20?,22?/m1/s1. The zero-order valence-corrected chi connectivity index (χ0v) is 23.1. The molecule has 0 saturated carbocycles. The number of carboxylic acid groups (broad SMARTS) is 1. The summed E-state index contributed by atoms with van der Waals surface area (Å²) in [6, 6.07) is 12.8. The van der Waals surface area contributed by atoms with Crippen molar-refractivity contribution in [2.24, 2.45) is 5.92 Å². The van der Waals surface area contributed by atoms with E-state index in [4.69, 9.17) is 9.47 Å². The van der Waals surface area contributed by atoms with E-state index in [0.29, 0.717) is 32.5 Å². The molecule has 1 aromatic heterocycles. The first-order valence-electron chi connectivity index (χ1n) is 12.4. The number of likely N-dealkylation sites (tertiary alicyclic amines) is 1. The number of aliphatic carboxylic acids is 1. The number of imide groups is 1. The van der Waals surface area contributed by atoms with Crippen LogP contribution >= 0.6 is 23.1 Å². The van der Waals surface area contributed by atoms with E-state index < -0.39 is 53.3 Å². The molecule has 3 heterocycles. The number of benzene rings is 2. The van der Waals surface area contributed by atoms with Crippen molar-refractivity contribution >= 4 is 58.4 Å². The molecule has 2 unspecified atom stereocenters. The SMILES string of the molecule is CCOC(=O)c1ccc(NC(=O)COc2cccc([C@H]3c4sc(=O)[nH]c4SC4C(=O)N(CC(=O)O)C(=O)C43)c2)cc1. The fourth-order valence-corrected chi connectivity index (χ4v) is 7.31. The number of thiazole rings is 1. The Bertz CT molecular complexity index is 1600. The molecule has 0 spiro atoms. The van der Waals surface area contributed by atoms with Crippen LogP contribution in [-0.4, -0.2) is 69.7 Å². The van der Waals surface area contributed by atoms with Gasteiger partial charge in [0.05, 0.1) is 23.1 Å². The van der Waals surface area contributed by atoms with Gasteiger partial charge in [-0.15, -0.1) is 0 Å². The third-order valence-corrected chi connectivity index (χ3v) is 8.88. The average molecular weight is 598 g/mol. The Morgan fingerprint density at radius 2 is 1.83 bits per heavy atom. The van der Waals surface area contributed by atoms with E-state index in [1.54, 1.807) is 43.3 Å². The molecular formula is C27H23N3O9S2. The number of carbonyl (C=O) groups excluding carboxylic acids is 4. The van der Waals surface area contributed by atoms with E-state index in [-0.39, 0.29) is 18.1 Å². The largest absolute Gasteiger partial charge is 0.484 e. The van der Waals surface area contributed by atoms with Crippen LogP contribution in [0.1, 0.15) is 33.6 Å². The number of nitrogens with one attached hydrogen (secondary N) is 2. The van der Waals surface area contributed by atoms with E-state index in [1.807, 2.05) is 0 Å². The number of aromatic amines is 1. The molecule has 0 bridgehead atoms. The number of fused-ring (bicyclic) bond motifs is 2. The summed E-state index contributed by atoms with van der Waals surface area (Å²) >= 11 is 1.98. The molecule has 212 valence electrons. The molecule has 14 heteroatoms. The van der Waals surface area contributed by atoms with E-state index in [9.17, 15) is 33.9 Å². The number of thioether (sulfide) groups is 1. The summed E-state index contributed by atoms with van der Waals surface area (Å²) in [5, 5.41) is 11.5. The Kier molecular flexibility index (Phi) is 7.94. The van der Waals surface area contributed by atoms with Gasteiger partial charge in [-0.2, -0.15) is 0 Å². The van der Waals surface area contributed by atoms with Gasteiger partial charge in [0.2, 0.25) is 11.8 Å². The van der Waals surface area contributed by atoms with Crippen LogP contribution in [0.4, 0.5) is 5.69 Å². The van der Waals surface area contributed by atoms with Gasteiger partial charge in [-0.25, -0.2) is 4.79 Å². The van der Waals surface area contributed by atoms with Gasteiger partial charge < -0.3 is 24.9 Å². The highest BCUT2D eigenvalue weighted by Crippen LogP contribution is 2.52. The van der Waals surface area contributed by atoms with Crippen molar-refractivity contribution in [2.45, 2.75) is 23.1 Å². The monoisotopic (exact) mass is 597 g/mol. The smallest absolute Gasteiger partial charge is 0.338 e. The Morgan fingerprint density at radius 3 is 2.54 bits per heavy atom. The fourth-order valence-electron chi connectivity index (χ4n) is 4.77. The molecule has 2 aromatic carbocycles. The first-order chi connectivity index (χ1) is 19.7. The molecule has 3 amide bonds. The lowest BCUT2D eigenvalue weighted by molar-refractivity contribution is -0.149. The third kappa shape index (κ3) is 5.74. The van der Waals surface area contributed by atoms with Crippen LogP contribution in [0.15, 0.2) is 58.4 Å². The number of amides is 3. The molecule has 5 rings (SSSR count). The molecular weight excluding hydrogens is 574 g/mol. The summed E-state index contributed by atoms with van der Waals surface area (Å²) in [7, 11) is 0. The molecule has 2 aliphatic rings. The van der Waals surface area contributed by atoms with Gasteiger partial charge in [0.1, 0.15) is 17.5 Å². The number of hydrogen-bond acceptors (Lipinski definition) is 10. The van der Waals surface area contributed by atoms with Gasteiger partial charge in [0, 0.05) is 16.5 Å². The van der Waals surface area contributed by atoms with Crippen molar-refractivity contribution in [1.29, 1.82) is 0 Å². The zero-order chi connectivity index (χ0) is 29.3. The lowest BCUT2D eigenvalue weighted by Crippen LogP contribution is -2.36. The summed E-state index contributed by atoms with van der Waals surface area (Å²) < 4.78 is 10.6. The topological polar surface area (TPSA) is 172 Å². The van der Waals surface area contributed by atoms with E-state index >= 15 is 0 Å². The first kappa shape index (κ1) is 28.1. The lowest BCUT2D eigenvalue weighted by Gasteiger charge is -2.30. The molecule has 3 aromatic rings. The quantitative estimate of drug-likeness (QED) is 0.245. The van der Waals surface area contributed by atoms with Gasteiger partial charge in [-0.1, -0.05) is 35.2 Å². The number of carbonyl (C=O) groups is 5. The van der Waals surface area contributed by atoms with Gasteiger partial charge in [-0.05, 0) is 48.9 Å². The van der Waals surface area contributed by atoms with Crippen LogP contribution in [0.25, 0.3) is 0 Å². The predicted octanol–water partition coefficient (Wildman–Crippen LogP) is 2.31. The minimum Gasteiger partial charge on any atom is -0.484 e. The molecule has 3 atom stereocenters. The van der Waals surface area contributed by atoms with Crippen LogP contribution < -0.4 is 14.9 Å². The average Bonchev–Trinajstić information content (AvgIpc) is 3.43. The van der Waals surface area contributed by atoms with Crippen molar-refractivity contribution in [3.63, 3.8) is 0 Å². The summed E-state index contributed by atoms with van der Waals surface area (Å²) in [6.07, 6.45) is 0. The number of anilines is 1. The number of hydrogen-bond donors (Lipinski definition) is 3. The highest BCUT2D eigenvalue weighted by molar-refractivity contribution is 8.00. The van der Waals surface area contributed by atoms with E-state index in [2.05, 4.69) is 10.3 Å². The lowest BCUT2D eigenvalue weighted by atomic mass is 9.83. The number of H-pyrrole nitrogens is 1. The molecule has 0 aliphatic carbocycles. The molecule has 0 radical (unpaired) electrons. The van der Waals surface area contributed by atoms with E-state index in [0.717, 1.165) is 28.0 Å². The van der Waals surface area contributed by atoms with Crippen LogP contribution in [0, 0.1) is 5.92 Å². The van der Waals surface area contributed by atoms with Gasteiger partial charge >= 0.3 is 16.8 Å². The second-order valence-corrected chi connectivity index (χ2v) is 11.3. The fraction of sp³-hybridized carbons (Fsp3) is 0.259. The van der Waals surface area contributed by atoms with Crippen molar-refractivity contribution in [3.8, 4) is 5.75 Å². The number of aromatic nitrogens is 1. The van der Waals surface area contributed by atoms with Gasteiger partial charge in [-0.3, -0.25) is 28.9 Å². The Morgan fingerprint density at radius 1 is 1.07 bits per heavy atom. The maximum Gasteiger partial charge on any atom is 0.338 e. The highest BCUT2D eigenvalue weighted by Gasteiger charge is 2.56. The van der Waals surface area contributed by atoms with Crippen LogP contribution in [0.2, 0.25) is 0 Å². The third-order valence-electron chi connectivity index (χ3n) is 6.48. The molecule has 41 heavy (non-hydrogen) atoms. The van der Waals surface area contributed by atoms with Crippen molar-refractivity contribution in [1.82, 2.24) is 9.88 Å². The molecule has 12 nitrogen and oxygen atoms in total. The second-order valence-electron chi connectivity index (χ2n) is 9.11. The number of ether oxygens (including phenoxy) is 2. The van der Waals surface area contributed by atoms with Crippen molar-refractivity contribution in [2.75, 3.05) is 25.1 Å². The second kappa shape index (κ2) is 11.6. The Labute approximate surface area is 240 Å². The molecule has 3 N–H and O–H groups in total. The molecule has 1 fully saturated rings. The maximum absolute atomic E-state index is 13.3. The summed E-state index contributed by atoms with van der Waals surface area (Å²) in [6.45, 7) is 0.869. The van der Waals surface area contributed by atoms with Crippen LogP contribution in [0.5, 0.6) is 5.75 Å². The Balaban J connectivity index is 1.33. The normalized spacial score (nSPS) is 19.3. The van der Waals surface area contributed by atoms with Gasteiger partial charge in [0.15, 0.2) is 6.61 Å². The van der Waals surface area contributed by atoms with E-state index in [1.165, 1.54) is 12.1 Å². The molecule has 1 saturated heterocycles. The maximum atomic E-state index is 13.3. The van der Waals surface area contributed by atoms with Crippen molar-refractivity contribution in [3.05, 3.63) is 74.2 Å². The number of rotatable bonds is 9. The number of carboxylic acids is 1.